The van der Waals surface area contributed by atoms with Gasteiger partial charge in [-0.15, -0.1) is 0 Å². The van der Waals surface area contributed by atoms with Crippen molar-refractivity contribution in [2.45, 2.75) is 153 Å². The van der Waals surface area contributed by atoms with Gasteiger partial charge in [0.2, 0.25) is 0 Å². The van der Waals surface area contributed by atoms with Crippen molar-refractivity contribution in [3.63, 3.8) is 0 Å². The monoisotopic (exact) mass is 712 g/mol. The Hall–Kier alpha value is -1.72. The number of hydrogen-bond acceptors (Lipinski definition) is 13. The first-order valence-corrected chi connectivity index (χ1v) is 18.1. The van der Waals surface area contributed by atoms with Crippen LogP contribution in [-0.2, 0) is 33.2 Å². The number of methoxy groups -OCH3 is 1. The van der Waals surface area contributed by atoms with Crippen LogP contribution in [0.3, 0.4) is 0 Å². The van der Waals surface area contributed by atoms with E-state index in [0.717, 1.165) is 0 Å². The van der Waals surface area contributed by atoms with E-state index in [4.69, 9.17) is 28.4 Å². The molecule has 4 N–H and O–H groups in total. The van der Waals surface area contributed by atoms with Crippen molar-refractivity contribution in [1.29, 1.82) is 0 Å². The molecule has 0 amide bonds. The number of carbonyl (C=O) groups is 1. The van der Waals surface area contributed by atoms with Crippen molar-refractivity contribution >= 4 is 5.97 Å². The third kappa shape index (κ3) is 9.07. The van der Waals surface area contributed by atoms with E-state index >= 15 is 0 Å². The summed E-state index contributed by atoms with van der Waals surface area (Å²) in [6.07, 6.45) is -4.45. The molecular weight excluding hydrogens is 648 g/mol. The van der Waals surface area contributed by atoms with Crippen LogP contribution in [0.2, 0.25) is 0 Å². The third-order valence-electron chi connectivity index (χ3n) is 11.4. The van der Waals surface area contributed by atoms with E-state index in [1.54, 1.807) is 40.0 Å². The Bertz CT molecular complexity index is 1220. The Kier molecular flexibility index (Phi) is 13.6. The van der Waals surface area contributed by atoms with E-state index in [2.05, 4.69) is 22.0 Å². The summed E-state index contributed by atoms with van der Waals surface area (Å²) in [7, 11) is 7.32. The number of rotatable bonds is 7. The Morgan fingerprint density at radius 2 is 1.74 bits per heavy atom. The molecular formula is C36H64N4O10. The highest BCUT2D eigenvalue weighted by Gasteiger charge is 2.51. The van der Waals surface area contributed by atoms with E-state index in [9.17, 15) is 20.1 Å². The first-order chi connectivity index (χ1) is 23.3. The fraction of sp³-hybridized carbons (Fsp3) is 0.889. The number of aliphatic hydroxyl groups excluding tert-OH is 2. The van der Waals surface area contributed by atoms with Crippen molar-refractivity contribution in [3.8, 4) is 0 Å². The smallest absolute Gasteiger partial charge is 0.312 e. The Morgan fingerprint density at radius 3 is 2.34 bits per heavy atom. The molecule has 0 unspecified atom stereocenters. The van der Waals surface area contributed by atoms with Crippen LogP contribution in [0.5, 0.6) is 0 Å². The molecule has 50 heavy (non-hydrogen) atoms. The first-order valence-electron chi connectivity index (χ1n) is 18.1. The standard InChI is InChI=1S/C36H64N4O10/c1-19-16-35(7,44)32(50-34-28(41)26(39(9)10)15-20(2)46-34)21(3)29(48-27-17-36(8,45-12)31(42)24(6)47-27)22(4)33(43)49-30(23(5)40(11)18-19)25-13-14-37-38-25/h13-14,19-24,26-32,34,41-42,44H,15-18H2,1-12H3,(H,37,38)/t19-,20-,21+,22-,23+,24+,26+,27+,28-,29+,30+,31+,32-,34+,35+,36-/m1/s1. The summed E-state index contributed by atoms with van der Waals surface area (Å²) in [5, 5.41) is 42.0. The molecule has 3 saturated heterocycles. The predicted octanol–water partition coefficient (Wildman–Crippen LogP) is 2.47. The van der Waals surface area contributed by atoms with Crippen LogP contribution in [0.15, 0.2) is 12.3 Å². The van der Waals surface area contributed by atoms with Crippen LogP contribution in [0.1, 0.15) is 86.5 Å². The lowest BCUT2D eigenvalue weighted by Gasteiger charge is -2.48. The average molecular weight is 713 g/mol. The van der Waals surface area contributed by atoms with E-state index < -0.39 is 78.2 Å². The topological polar surface area (TPSA) is 168 Å². The fourth-order valence-corrected chi connectivity index (χ4v) is 8.26. The van der Waals surface area contributed by atoms with Gasteiger partial charge in [-0.3, -0.25) is 14.8 Å². The SMILES string of the molecule is CO[C@]1(C)C[C@H](O[C@H]2[C@H](C)[C@@H](O[C@@H]3O[C@H](C)C[C@H](N(C)C)[C@H]3O)[C@@](C)(O)C[C@@H](C)CN(C)[C@@H](C)[C@@H](c3ccn[nH]3)OC(=O)[C@@H]2C)O[C@@H](C)[C@@H]1O. The van der Waals surface area contributed by atoms with Crippen LogP contribution >= 0.6 is 0 Å². The fourth-order valence-electron chi connectivity index (χ4n) is 8.26. The molecule has 288 valence electrons. The molecule has 0 saturated carbocycles. The molecule has 0 spiro atoms. The van der Waals surface area contributed by atoms with Crippen molar-refractivity contribution in [2.24, 2.45) is 17.8 Å². The normalized spacial score (nSPS) is 46.1. The number of aromatic amines is 1. The Labute approximate surface area is 298 Å². The minimum atomic E-state index is -1.46. The van der Waals surface area contributed by atoms with Gasteiger partial charge in [-0.05, 0) is 87.5 Å². The van der Waals surface area contributed by atoms with Crippen LogP contribution in [-0.4, -0.2) is 149 Å². The second-order valence-electron chi connectivity index (χ2n) is 16.0. The van der Waals surface area contributed by atoms with Crippen molar-refractivity contribution in [2.75, 3.05) is 34.8 Å². The highest BCUT2D eigenvalue weighted by Crippen LogP contribution is 2.40. The first kappa shape index (κ1) is 41.0. The van der Waals surface area contributed by atoms with E-state index in [1.807, 2.05) is 46.8 Å². The van der Waals surface area contributed by atoms with Crippen LogP contribution < -0.4 is 0 Å². The number of carbonyl (C=O) groups excluding carboxylic acids is 1. The molecule has 0 bridgehead atoms. The second kappa shape index (κ2) is 16.5. The van der Waals surface area contributed by atoms with Crippen LogP contribution in [0.4, 0.5) is 0 Å². The van der Waals surface area contributed by atoms with Gasteiger partial charge >= 0.3 is 5.97 Å². The molecule has 0 aromatic carbocycles. The number of aliphatic hydroxyl groups is 3. The maximum absolute atomic E-state index is 14.3. The molecule has 14 heteroatoms. The molecule has 1 aromatic heterocycles. The zero-order valence-corrected chi connectivity index (χ0v) is 32.1. The molecule has 1 aromatic rings. The molecule has 0 aliphatic carbocycles. The number of nitrogens with one attached hydrogen (secondary N) is 1. The predicted molar refractivity (Wildman–Crippen MR) is 185 cm³/mol. The zero-order valence-electron chi connectivity index (χ0n) is 32.1. The number of H-pyrrole nitrogens is 1. The summed E-state index contributed by atoms with van der Waals surface area (Å²) in [6.45, 7) is 15.5. The van der Waals surface area contributed by atoms with Gasteiger partial charge in [-0.25, -0.2) is 0 Å². The Balaban J connectivity index is 1.79. The summed E-state index contributed by atoms with van der Waals surface area (Å²) in [5.74, 6) is -2.07. The largest absolute Gasteiger partial charge is 0.454 e. The lowest BCUT2D eigenvalue weighted by atomic mass is 9.77. The minimum Gasteiger partial charge on any atom is -0.454 e. The van der Waals surface area contributed by atoms with Gasteiger partial charge < -0.3 is 48.6 Å². The van der Waals surface area contributed by atoms with Crippen LogP contribution in [0.25, 0.3) is 0 Å². The molecule has 3 aliphatic heterocycles. The van der Waals surface area contributed by atoms with Gasteiger partial charge in [0, 0.05) is 44.3 Å². The number of cyclic esters (lactones) is 1. The van der Waals surface area contributed by atoms with Crippen molar-refractivity contribution < 1.29 is 48.5 Å². The summed E-state index contributed by atoms with van der Waals surface area (Å²) >= 11 is 0. The van der Waals surface area contributed by atoms with E-state index in [1.165, 1.54) is 7.11 Å². The summed E-state index contributed by atoms with van der Waals surface area (Å²) in [6, 6.07) is 1.32. The Morgan fingerprint density at radius 1 is 1.06 bits per heavy atom. The third-order valence-corrected chi connectivity index (χ3v) is 11.4. The molecule has 14 nitrogen and oxygen atoms in total. The van der Waals surface area contributed by atoms with Crippen LogP contribution in [0, 0.1) is 17.8 Å². The number of ether oxygens (including phenoxy) is 6. The highest BCUT2D eigenvalue weighted by molar-refractivity contribution is 5.73. The van der Waals surface area contributed by atoms with Gasteiger partial charge in [-0.1, -0.05) is 13.8 Å². The zero-order chi connectivity index (χ0) is 37.3. The van der Waals surface area contributed by atoms with Gasteiger partial charge in [0.15, 0.2) is 18.7 Å². The number of esters is 1. The number of nitrogens with zero attached hydrogens (tertiary/aromatic N) is 3. The maximum atomic E-state index is 14.3. The molecule has 0 radical (unpaired) electrons. The molecule has 3 fully saturated rings. The summed E-state index contributed by atoms with van der Waals surface area (Å²) in [4.78, 5) is 18.3. The maximum Gasteiger partial charge on any atom is 0.312 e. The minimum absolute atomic E-state index is 0.0246. The van der Waals surface area contributed by atoms with Gasteiger partial charge in [-0.2, -0.15) is 5.10 Å². The number of hydrogen-bond donors (Lipinski definition) is 4. The van der Waals surface area contributed by atoms with Crippen molar-refractivity contribution in [3.05, 3.63) is 18.0 Å². The van der Waals surface area contributed by atoms with E-state index in [0.29, 0.717) is 25.1 Å². The quantitative estimate of drug-likeness (QED) is 0.305. The summed E-state index contributed by atoms with van der Waals surface area (Å²) in [5.41, 5.74) is -1.77. The van der Waals surface area contributed by atoms with E-state index in [-0.39, 0.29) is 30.5 Å². The van der Waals surface area contributed by atoms with Gasteiger partial charge in [0.1, 0.15) is 12.2 Å². The van der Waals surface area contributed by atoms with Gasteiger partial charge in [0.25, 0.3) is 0 Å². The van der Waals surface area contributed by atoms with Crippen molar-refractivity contribution in [1.82, 2.24) is 20.0 Å². The highest BCUT2D eigenvalue weighted by atomic mass is 16.7. The summed E-state index contributed by atoms with van der Waals surface area (Å²) < 4.78 is 37.9. The number of aromatic nitrogens is 2. The molecule has 4 rings (SSSR count). The molecule has 3 aliphatic rings. The lowest BCUT2D eigenvalue weighted by molar-refractivity contribution is -0.317. The average Bonchev–Trinajstić information content (AvgIpc) is 3.58. The lowest BCUT2D eigenvalue weighted by Crippen LogP contribution is -2.60. The molecule has 4 heterocycles. The van der Waals surface area contributed by atoms with Gasteiger partial charge in [0.05, 0.1) is 47.2 Å². The second-order valence-corrected chi connectivity index (χ2v) is 16.0. The number of likely N-dealkylation sites (N-methyl/N-ethyl adjacent to an activating group) is 2. The molecule has 16 atom stereocenters.